The molecule has 1 rings (SSSR count). The maximum atomic E-state index is 11.7. The monoisotopic (exact) mass is 198 g/mol. The topological polar surface area (TPSA) is 32.3 Å². The van der Waals surface area contributed by atoms with Gasteiger partial charge in [0.2, 0.25) is 0 Å². The first-order chi connectivity index (χ1) is 6.79. The predicted molar refractivity (Wildman–Crippen MR) is 58.3 cm³/mol. The second kappa shape index (κ2) is 5.89. The number of nitrogens with zero attached hydrogens (tertiary/aromatic N) is 1. The van der Waals surface area contributed by atoms with Gasteiger partial charge >= 0.3 is 6.03 Å². The Morgan fingerprint density at radius 1 is 1.29 bits per heavy atom. The minimum Gasteiger partial charge on any atom is -0.338 e. The molecule has 0 aromatic heterocycles. The molecule has 0 aromatic rings. The predicted octanol–water partition coefficient (Wildman–Crippen LogP) is 2.37. The molecule has 0 atom stereocenters. The van der Waals surface area contributed by atoms with Crippen molar-refractivity contribution >= 4 is 6.03 Å². The molecule has 0 unspecified atom stereocenters. The zero-order valence-electron chi connectivity index (χ0n) is 9.38. The second-order valence-electron chi connectivity index (χ2n) is 3.91. The summed E-state index contributed by atoms with van der Waals surface area (Å²) >= 11 is 0. The van der Waals surface area contributed by atoms with Crippen LogP contribution in [-0.4, -0.2) is 30.1 Å². The average molecular weight is 198 g/mol. The summed E-state index contributed by atoms with van der Waals surface area (Å²) in [7, 11) is 0. The third-order valence-electron chi connectivity index (χ3n) is 2.95. The largest absolute Gasteiger partial charge is 0.338 e. The molecule has 0 bridgehead atoms. The minimum absolute atomic E-state index is 0.113. The Morgan fingerprint density at radius 2 is 1.93 bits per heavy atom. The van der Waals surface area contributed by atoms with Gasteiger partial charge in [-0.15, -0.1) is 0 Å². The number of carbonyl (C=O) groups is 1. The van der Waals surface area contributed by atoms with Crippen LogP contribution in [0.2, 0.25) is 0 Å². The standard InChI is InChI=1S/C11H22N2O/c1-3-12-11(14)13(4-2)10-8-6-5-7-9-10/h10H,3-9H2,1-2H3,(H,12,14). The molecule has 0 spiro atoms. The molecule has 1 saturated carbocycles. The molecule has 3 heteroatoms. The second-order valence-corrected chi connectivity index (χ2v) is 3.91. The molecule has 1 fully saturated rings. The molecule has 0 saturated heterocycles. The SMILES string of the molecule is CCNC(=O)N(CC)C1CCCCC1. The van der Waals surface area contributed by atoms with E-state index < -0.39 is 0 Å². The fourth-order valence-corrected chi connectivity index (χ4v) is 2.21. The Bertz CT molecular complexity index is 176. The van der Waals surface area contributed by atoms with E-state index in [1.807, 2.05) is 11.8 Å². The first-order valence-electron chi connectivity index (χ1n) is 5.84. The van der Waals surface area contributed by atoms with Gasteiger partial charge in [-0.2, -0.15) is 0 Å². The number of carbonyl (C=O) groups excluding carboxylic acids is 1. The summed E-state index contributed by atoms with van der Waals surface area (Å²) in [5.41, 5.74) is 0. The van der Waals surface area contributed by atoms with Crippen molar-refractivity contribution < 1.29 is 4.79 Å². The molecule has 14 heavy (non-hydrogen) atoms. The van der Waals surface area contributed by atoms with E-state index in [1.54, 1.807) is 0 Å². The summed E-state index contributed by atoms with van der Waals surface area (Å²) < 4.78 is 0. The lowest BCUT2D eigenvalue weighted by Gasteiger charge is -2.33. The number of rotatable bonds is 3. The van der Waals surface area contributed by atoms with Gasteiger partial charge in [0, 0.05) is 19.1 Å². The lowest BCUT2D eigenvalue weighted by molar-refractivity contribution is 0.160. The first kappa shape index (κ1) is 11.3. The van der Waals surface area contributed by atoms with Gasteiger partial charge in [0.15, 0.2) is 0 Å². The van der Waals surface area contributed by atoms with E-state index in [1.165, 1.54) is 32.1 Å². The Balaban J connectivity index is 2.46. The lowest BCUT2D eigenvalue weighted by atomic mass is 9.94. The van der Waals surface area contributed by atoms with Crippen LogP contribution in [0.5, 0.6) is 0 Å². The van der Waals surface area contributed by atoms with Crippen LogP contribution >= 0.6 is 0 Å². The number of hydrogen-bond acceptors (Lipinski definition) is 1. The highest BCUT2D eigenvalue weighted by molar-refractivity contribution is 5.74. The van der Waals surface area contributed by atoms with Crippen LogP contribution in [0.3, 0.4) is 0 Å². The molecule has 1 aliphatic rings. The summed E-state index contributed by atoms with van der Waals surface area (Å²) in [6.45, 7) is 5.58. The van der Waals surface area contributed by atoms with Crippen molar-refractivity contribution in [2.24, 2.45) is 0 Å². The maximum Gasteiger partial charge on any atom is 0.317 e. The van der Waals surface area contributed by atoms with Crippen LogP contribution in [0.1, 0.15) is 46.0 Å². The minimum atomic E-state index is 0.113. The number of nitrogens with one attached hydrogen (secondary N) is 1. The van der Waals surface area contributed by atoms with Crippen molar-refractivity contribution in [1.29, 1.82) is 0 Å². The van der Waals surface area contributed by atoms with Gasteiger partial charge in [-0.25, -0.2) is 4.79 Å². The van der Waals surface area contributed by atoms with Gasteiger partial charge in [-0.3, -0.25) is 0 Å². The number of hydrogen-bond donors (Lipinski definition) is 1. The molecule has 3 nitrogen and oxygen atoms in total. The van der Waals surface area contributed by atoms with Gasteiger partial charge in [-0.1, -0.05) is 19.3 Å². The van der Waals surface area contributed by atoms with Crippen molar-refractivity contribution in [2.45, 2.75) is 52.0 Å². The van der Waals surface area contributed by atoms with E-state index in [2.05, 4.69) is 12.2 Å². The third-order valence-corrected chi connectivity index (χ3v) is 2.95. The van der Waals surface area contributed by atoms with Crippen molar-refractivity contribution in [3.63, 3.8) is 0 Å². The Kier molecular flexibility index (Phi) is 4.77. The molecular formula is C11H22N2O. The average Bonchev–Trinajstić information content (AvgIpc) is 2.21. The molecule has 1 aliphatic carbocycles. The van der Waals surface area contributed by atoms with Crippen molar-refractivity contribution in [2.75, 3.05) is 13.1 Å². The molecule has 0 radical (unpaired) electrons. The zero-order chi connectivity index (χ0) is 10.4. The van der Waals surface area contributed by atoms with E-state index in [0.29, 0.717) is 6.04 Å². The van der Waals surface area contributed by atoms with E-state index in [9.17, 15) is 4.79 Å². The normalized spacial score (nSPS) is 17.9. The summed E-state index contributed by atoms with van der Waals surface area (Å²) in [5, 5.41) is 2.88. The molecule has 0 aromatic carbocycles. The van der Waals surface area contributed by atoms with Crippen LogP contribution < -0.4 is 5.32 Å². The van der Waals surface area contributed by atoms with Crippen LogP contribution in [-0.2, 0) is 0 Å². The Hall–Kier alpha value is -0.730. The zero-order valence-corrected chi connectivity index (χ0v) is 9.38. The van der Waals surface area contributed by atoms with Crippen molar-refractivity contribution in [3.05, 3.63) is 0 Å². The van der Waals surface area contributed by atoms with Gasteiger partial charge in [0.1, 0.15) is 0 Å². The van der Waals surface area contributed by atoms with Crippen LogP contribution in [0, 0.1) is 0 Å². The molecule has 0 heterocycles. The fourth-order valence-electron chi connectivity index (χ4n) is 2.21. The Labute approximate surface area is 86.9 Å². The van der Waals surface area contributed by atoms with E-state index in [0.717, 1.165) is 13.1 Å². The van der Waals surface area contributed by atoms with Crippen LogP contribution in [0.25, 0.3) is 0 Å². The summed E-state index contributed by atoms with van der Waals surface area (Å²) in [5.74, 6) is 0. The van der Waals surface area contributed by atoms with Crippen LogP contribution in [0.4, 0.5) is 4.79 Å². The number of urea groups is 1. The summed E-state index contributed by atoms with van der Waals surface area (Å²) in [4.78, 5) is 13.7. The Morgan fingerprint density at radius 3 is 2.43 bits per heavy atom. The van der Waals surface area contributed by atoms with Gasteiger partial charge in [0.25, 0.3) is 0 Å². The van der Waals surface area contributed by atoms with Gasteiger partial charge < -0.3 is 10.2 Å². The highest BCUT2D eigenvalue weighted by Gasteiger charge is 2.23. The van der Waals surface area contributed by atoms with E-state index in [-0.39, 0.29) is 6.03 Å². The molecule has 0 aliphatic heterocycles. The van der Waals surface area contributed by atoms with Gasteiger partial charge in [0.05, 0.1) is 0 Å². The number of amides is 2. The lowest BCUT2D eigenvalue weighted by Crippen LogP contribution is -2.46. The van der Waals surface area contributed by atoms with E-state index >= 15 is 0 Å². The first-order valence-corrected chi connectivity index (χ1v) is 5.84. The summed E-state index contributed by atoms with van der Waals surface area (Å²) in [6.07, 6.45) is 6.26. The molecular weight excluding hydrogens is 176 g/mol. The molecule has 1 N–H and O–H groups in total. The van der Waals surface area contributed by atoms with Crippen molar-refractivity contribution in [1.82, 2.24) is 10.2 Å². The summed E-state index contributed by atoms with van der Waals surface area (Å²) in [6, 6.07) is 0.599. The van der Waals surface area contributed by atoms with Gasteiger partial charge in [-0.05, 0) is 26.7 Å². The fraction of sp³-hybridized carbons (Fsp3) is 0.909. The highest BCUT2D eigenvalue weighted by Crippen LogP contribution is 2.22. The molecule has 82 valence electrons. The van der Waals surface area contributed by atoms with Crippen molar-refractivity contribution in [3.8, 4) is 0 Å². The van der Waals surface area contributed by atoms with E-state index in [4.69, 9.17) is 0 Å². The quantitative estimate of drug-likeness (QED) is 0.742. The van der Waals surface area contributed by atoms with Crippen LogP contribution in [0.15, 0.2) is 0 Å². The smallest absolute Gasteiger partial charge is 0.317 e. The third kappa shape index (κ3) is 2.89. The highest BCUT2D eigenvalue weighted by atomic mass is 16.2. The molecule has 2 amide bonds. The maximum absolute atomic E-state index is 11.7.